The van der Waals surface area contributed by atoms with E-state index in [9.17, 15) is 18.0 Å². The Bertz CT molecular complexity index is 448. The Balaban J connectivity index is 2.92. The van der Waals surface area contributed by atoms with Crippen LogP contribution in [0.3, 0.4) is 0 Å². The van der Waals surface area contributed by atoms with Gasteiger partial charge in [-0.25, -0.2) is 0 Å². The minimum absolute atomic E-state index is 0.00387. The molecule has 0 spiro atoms. The summed E-state index contributed by atoms with van der Waals surface area (Å²) in [5, 5.41) is 2.54. The fourth-order valence-corrected chi connectivity index (χ4v) is 1.44. The third kappa shape index (κ3) is 3.80. The van der Waals surface area contributed by atoms with Gasteiger partial charge in [-0.3, -0.25) is 4.79 Å². The maximum Gasteiger partial charge on any atom is 0.418 e. The maximum atomic E-state index is 12.7. The molecule has 1 amide bonds. The van der Waals surface area contributed by atoms with Gasteiger partial charge in [-0.15, -0.1) is 0 Å². The van der Waals surface area contributed by atoms with Gasteiger partial charge in [0.15, 0.2) is 0 Å². The van der Waals surface area contributed by atoms with Crippen LogP contribution >= 0.6 is 11.6 Å². The molecule has 0 aliphatic rings. The molecule has 3 N–H and O–H groups in total. The summed E-state index contributed by atoms with van der Waals surface area (Å²) in [7, 11) is 0. The lowest BCUT2D eigenvalue weighted by molar-refractivity contribution is -0.137. The van der Waals surface area contributed by atoms with E-state index in [-0.39, 0.29) is 17.3 Å². The largest absolute Gasteiger partial charge is 0.418 e. The molecule has 100 valence electrons. The number of anilines is 1. The van der Waals surface area contributed by atoms with Crippen LogP contribution in [-0.4, -0.2) is 12.5 Å². The van der Waals surface area contributed by atoms with Crippen LogP contribution in [0.2, 0.25) is 5.02 Å². The van der Waals surface area contributed by atoms with E-state index in [1.54, 1.807) is 0 Å². The number of halogens is 4. The average Bonchev–Trinajstić information content (AvgIpc) is 2.25. The number of benzene rings is 1. The van der Waals surface area contributed by atoms with Crippen LogP contribution in [0, 0.1) is 5.92 Å². The first-order valence-corrected chi connectivity index (χ1v) is 5.49. The number of nitrogens with two attached hydrogens (primary N) is 1. The number of carbonyl (C=O) groups is 1. The zero-order chi connectivity index (χ0) is 13.9. The minimum atomic E-state index is -4.51. The Hall–Kier alpha value is -1.43. The van der Waals surface area contributed by atoms with E-state index >= 15 is 0 Å². The van der Waals surface area contributed by atoms with Crippen molar-refractivity contribution in [2.75, 3.05) is 11.9 Å². The topological polar surface area (TPSA) is 55.1 Å². The van der Waals surface area contributed by atoms with Gasteiger partial charge in [-0.1, -0.05) is 18.5 Å². The van der Waals surface area contributed by atoms with E-state index in [4.69, 9.17) is 17.3 Å². The lowest BCUT2D eigenvalue weighted by Crippen LogP contribution is -2.27. The van der Waals surface area contributed by atoms with Crippen molar-refractivity contribution >= 4 is 23.2 Å². The normalized spacial score (nSPS) is 13.2. The van der Waals surface area contributed by atoms with Crippen LogP contribution in [0.4, 0.5) is 18.9 Å². The zero-order valence-corrected chi connectivity index (χ0v) is 10.3. The van der Waals surface area contributed by atoms with Gasteiger partial charge in [0, 0.05) is 17.3 Å². The summed E-state index contributed by atoms with van der Waals surface area (Å²) in [6.45, 7) is 1.55. The highest BCUT2D eigenvalue weighted by Crippen LogP contribution is 2.36. The molecule has 0 bridgehead atoms. The Labute approximate surface area is 107 Å². The van der Waals surface area contributed by atoms with Gasteiger partial charge in [0.05, 0.1) is 11.5 Å². The first-order valence-electron chi connectivity index (χ1n) is 5.11. The molecule has 7 heteroatoms. The first kappa shape index (κ1) is 14.6. The molecule has 1 aromatic rings. The van der Waals surface area contributed by atoms with Crippen molar-refractivity contribution in [3.05, 3.63) is 28.8 Å². The molecule has 1 aromatic carbocycles. The second-order valence-corrected chi connectivity index (χ2v) is 4.31. The molecule has 0 aromatic heterocycles. The van der Waals surface area contributed by atoms with Crippen molar-refractivity contribution in [2.24, 2.45) is 11.7 Å². The smallest absolute Gasteiger partial charge is 0.384 e. The van der Waals surface area contributed by atoms with E-state index in [2.05, 4.69) is 5.32 Å². The van der Waals surface area contributed by atoms with Crippen molar-refractivity contribution in [3.63, 3.8) is 0 Å². The number of alkyl halides is 3. The Kier molecular flexibility index (Phi) is 4.45. The first-order chi connectivity index (χ1) is 8.21. The minimum Gasteiger partial charge on any atom is -0.384 e. The molecule has 0 fully saturated rings. The highest BCUT2D eigenvalue weighted by atomic mass is 35.5. The summed E-state index contributed by atoms with van der Waals surface area (Å²) in [5.41, 5.74) is 4.03. The lowest BCUT2D eigenvalue weighted by atomic mass is 10.1. The molecule has 1 atom stereocenters. The van der Waals surface area contributed by atoms with Crippen molar-refractivity contribution in [1.82, 2.24) is 0 Å². The highest BCUT2D eigenvalue weighted by molar-refractivity contribution is 6.30. The summed E-state index contributed by atoms with van der Waals surface area (Å²) in [5.74, 6) is -1.15. The van der Waals surface area contributed by atoms with Crippen LogP contribution in [0.5, 0.6) is 0 Å². The van der Waals surface area contributed by atoms with Gasteiger partial charge in [0.1, 0.15) is 0 Å². The number of rotatable bonds is 4. The quantitative estimate of drug-likeness (QED) is 0.891. The van der Waals surface area contributed by atoms with Gasteiger partial charge in [-0.2, -0.15) is 13.2 Å². The molecule has 18 heavy (non-hydrogen) atoms. The number of nitrogens with one attached hydrogen (secondary N) is 1. The van der Waals surface area contributed by atoms with Crippen LogP contribution < -0.4 is 11.1 Å². The van der Waals surface area contributed by atoms with Crippen molar-refractivity contribution in [3.8, 4) is 0 Å². The average molecular weight is 281 g/mol. The Morgan fingerprint density at radius 2 is 2.11 bits per heavy atom. The zero-order valence-electron chi connectivity index (χ0n) is 9.51. The summed E-state index contributed by atoms with van der Waals surface area (Å²) in [6.07, 6.45) is -4.51. The van der Waals surface area contributed by atoms with Crippen LogP contribution in [0.1, 0.15) is 12.5 Å². The van der Waals surface area contributed by atoms with E-state index in [1.807, 2.05) is 0 Å². The molecule has 0 radical (unpaired) electrons. The molecule has 1 unspecified atom stereocenters. The molecule has 0 saturated carbocycles. The molecular formula is C11H12ClF3N2O. The molecule has 1 rings (SSSR count). The number of primary amides is 1. The molecule has 0 saturated heterocycles. The molecule has 0 aliphatic heterocycles. The number of hydrogen-bond acceptors (Lipinski definition) is 2. The number of hydrogen-bond donors (Lipinski definition) is 2. The van der Waals surface area contributed by atoms with Gasteiger partial charge in [-0.05, 0) is 18.2 Å². The third-order valence-electron chi connectivity index (χ3n) is 2.37. The van der Waals surface area contributed by atoms with Crippen molar-refractivity contribution in [1.29, 1.82) is 0 Å². The lowest BCUT2D eigenvalue weighted by Gasteiger charge is -2.16. The summed E-state index contributed by atoms with van der Waals surface area (Å²) in [6, 6.07) is 3.39. The molecule has 3 nitrogen and oxygen atoms in total. The van der Waals surface area contributed by atoms with E-state index in [1.165, 1.54) is 19.1 Å². The highest BCUT2D eigenvalue weighted by Gasteiger charge is 2.33. The van der Waals surface area contributed by atoms with Crippen molar-refractivity contribution in [2.45, 2.75) is 13.1 Å². The number of carbonyl (C=O) groups excluding carboxylic acids is 1. The van der Waals surface area contributed by atoms with Crippen LogP contribution in [0.25, 0.3) is 0 Å². The summed E-state index contributed by atoms with van der Waals surface area (Å²) in [4.78, 5) is 10.8. The maximum absolute atomic E-state index is 12.7. The van der Waals surface area contributed by atoms with Gasteiger partial charge >= 0.3 is 6.18 Å². The van der Waals surface area contributed by atoms with E-state index < -0.39 is 23.6 Å². The molecular weight excluding hydrogens is 269 g/mol. The second kappa shape index (κ2) is 5.48. The SMILES string of the molecule is CC(CNc1ccc(Cl)cc1C(F)(F)F)C(N)=O. The monoisotopic (exact) mass is 280 g/mol. The fourth-order valence-electron chi connectivity index (χ4n) is 1.27. The second-order valence-electron chi connectivity index (χ2n) is 3.87. The number of amides is 1. The Morgan fingerprint density at radius 1 is 1.50 bits per heavy atom. The predicted octanol–water partition coefficient (Wildman–Crippen LogP) is 2.89. The summed E-state index contributed by atoms with van der Waals surface area (Å²) >= 11 is 5.53. The fraction of sp³-hybridized carbons (Fsp3) is 0.364. The standard InChI is InChI=1S/C11H12ClF3N2O/c1-6(10(16)18)5-17-9-3-2-7(12)4-8(9)11(13,14)15/h2-4,6,17H,5H2,1H3,(H2,16,18). The predicted molar refractivity (Wildman–Crippen MR) is 63.3 cm³/mol. The van der Waals surface area contributed by atoms with Gasteiger partial charge in [0.2, 0.25) is 5.91 Å². The Morgan fingerprint density at radius 3 is 2.61 bits per heavy atom. The molecule has 0 aliphatic carbocycles. The molecule has 0 heterocycles. The van der Waals surface area contributed by atoms with Crippen LogP contribution in [-0.2, 0) is 11.0 Å². The van der Waals surface area contributed by atoms with E-state index in [0.717, 1.165) is 6.07 Å². The van der Waals surface area contributed by atoms with E-state index in [0.29, 0.717) is 0 Å². The van der Waals surface area contributed by atoms with Crippen LogP contribution in [0.15, 0.2) is 18.2 Å². The summed E-state index contributed by atoms with van der Waals surface area (Å²) < 4.78 is 38.2. The third-order valence-corrected chi connectivity index (χ3v) is 2.61. The van der Waals surface area contributed by atoms with Gasteiger partial charge < -0.3 is 11.1 Å². The van der Waals surface area contributed by atoms with Gasteiger partial charge in [0.25, 0.3) is 0 Å². The van der Waals surface area contributed by atoms with Crippen molar-refractivity contribution < 1.29 is 18.0 Å².